The van der Waals surface area contributed by atoms with Crippen LogP contribution in [-0.4, -0.2) is 38.3 Å². The Kier molecular flexibility index (Phi) is 5.16. The summed E-state index contributed by atoms with van der Waals surface area (Å²) in [5.41, 5.74) is 2.52. The van der Waals surface area contributed by atoms with Crippen LogP contribution < -0.4 is 10.2 Å². The van der Waals surface area contributed by atoms with E-state index in [1.54, 1.807) is 7.11 Å². The van der Waals surface area contributed by atoms with Gasteiger partial charge in [-0.3, -0.25) is 0 Å². The molecular formula is C15H25N3O. The zero-order chi connectivity index (χ0) is 13.7. The first-order chi connectivity index (χ1) is 9.20. The van der Waals surface area contributed by atoms with Gasteiger partial charge in [0.25, 0.3) is 0 Å². The van der Waals surface area contributed by atoms with Gasteiger partial charge in [0.1, 0.15) is 5.82 Å². The van der Waals surface area contributed by atoms with Gasteiger partial charge >= 0.3 is 0 Å². The molecule has 19 heavy (non-hydrogen) atoms. The lowest BCUT2D eigenvalue weighted by Crippen LogP contribution is -2.22. The Balaban J connectivity index is 1.89. The Morgan fingerprint density at radius 2 is 2.26 bits per heavy atom. The van der Waals surface area contributed by atoms with Crippen LogP contribution in [0.1, 0.15) is 30.4 Å². The molecule has 0 radical (unpaired) electrons. The molecule has 0 aliphatic heterocycles. The SMILES string of the molecule is COCCCN(C)c1ncc(CNC2CC2)cc1C. The van der Waals surface area contributed by atoms with Gasteiger partial charge in [0.05, 0.1) is 0 Å². The van der Waals surface area contributed by atoms with Crippen molar-refractivity contribution in [2.45, 2.75) is 38.8 Å². The summed E-state index contributed by atoms with van der Waals surface area (Å²) in [6, 6.07) is 2.99. The summed E-state index contributed by atoms with van der Waals surface area (Å²) < 4.78 is 5.08. The second-order valence-corrected chi connectivity index (χ2v) is 5.41. The van der Waals surface area contributed by atoms with E-state index >= 15 is 0 Å². The molecule has 0 spiro atoms. The smallest absolute Gasteiger partial charge is 0.131 e. The van der Waals surface area contributed by atoms with Crippen molar-refractivity contribution in [3.63, 3.8) is 0 Å². The molecule has 1 aromatic heterocycles. The third-order valence-corrected chi connectivity index (χ3v) is 3.48. The number of nitrogens with zero attached hydrogens (tertiary/aromatic N) is 2. The molecule has 0 bridgehead atoms. The molecule has 2 rings (SSSR count). The Morgan fingerprint density at radius 1 is 1.47 bits per heavy atom. The number of nitrogens with one attached hydrogen (secondary N) is 1. The number of rotatable bonds is 8. The summed E-state index contributed by atoms with van der Waals surface area (Å²) >= 11 is 0. The molecule has 1 aromatic rings. The first-order valence-corrected chi connectivity index (χ1v) is 7.09. The fraction of sp³-hybridized carbons (Fsp3) is 0.667. The number of anilines is 1. The van der Waals surface area contributed by atoms with Gasteiger partial charge in [0.2, 0.25) is 0 Å². The summed E-state index contributed by atoms with van der Waals surface area (Å²) in [5, 5.41) is 3.52. The molecule has 1 heterocycles. The molecule has 0 aromatic carbocycles. The molecule has 0 saturated heterocycles. The average molecular weight is 263 g/mol. The average Bonchev–Trinajstić information content (AvgIpc) is 3.20. The van der Waals surface area contributed by atoms with Crippen LogP contribution in [0.2, 0.25) is 0 Å². The van der Waals surface area contributed by atoms with Gasteiger partial charge in [0, 0.05) is 46.1 Å². The van der Waals surface area contributed by atoms with Crippen LogP contribution in [0.3, 0.4) is 0 Å². The van der Waals surface area contributed by atoms with Crippen LogP contribution in [0.4, 0.5) is 5.82 Å². The van der Waals surface area contributed by atoms with E-state index in [4.69, 9.17) is 4.74 Å². The number of pyridine rings is 1. The number of ether oxygens (including phenoxy) is 1. The third-order valence-electron chi connectivity index (χ3n) is 3.48. The van der Waals surface area contributed by atoms with Gasteiger partial charge in [-0.05, 0) is 43.4 Å². The molecule has 1 aliphatic carbocycles. The molecular weight excluding hydrogens is 238 g/mol. The van der Waals surface area contributed by atoms with E-state index in [0.717, 1.165) is 38.0 Å². The van der Waals surface area contributed by atoms with E-state index in [9.17, 15) is 0 Å². The van der Waals surface area contributed by atoms with Crippen molar-refractivity contribution in [1.29, 1.82) is 0 Å². The second kappa shape index (κ2) is 6.87. The maximum atomic E-state index is 5.08. The molecule has 0 atom stereocenters. The first-order valence-electron chi connectivity index (χ1n) is 7.09. The lowest BCUT2D eigenvalue weighted by atomic mass is 10.2. The van der Waals surface area contributed by atoms with Crippen LogP contribution in [0, 0.1) is 6.92 Å². The quantitative estimate of drug-likeness (QED) is 0.729. The Bertz CT molecular complexity index is 404. The number of hydrogen-bond acceptors (Lipinski definition) is 4. The van der Waals surface area contributed by atoms with Crippen LogP contribution in [0.15, 0.2) is 12.3 Å². The zero-order valence-electron chi connectivity index (χ0n) is 12.3. The van der Waals surface area contributed by atoms with E-state index in [1.807, 2.05) is 6.20 Å². The van der Waals surface area contributed by atoms with E-state index in [-0.39, 0.29) is 0 Å². The van der Waals surface area contributed by atoms with Gasteiger partial charge in [-0.25, -0.2) is 4.98 Å². The Labute approximate surface area is 116 Å². The van der Waals surface area contributed by atoms with Crippen molar-refractivity contribution in [3.05, 3.63) is 23.4 Å². The lowest BCUT2D eigenvalue weighted by molar-refractivity contribution is 0.196. The highest BCUT2D eigenvalue weighted by Gasteiger charge is 2.20. The number of aryl methyl sites for hydroxylation is 1. The molecule has 0 amide bonds. The van der Waals surface area contributed by atoms with Crippen LogP contribution in [0.5, 0.6) is 0 Å². The van der Waals surface area contributed by atoms with Crippen molar-refractivity contribution in [2.75, 3.05) is 32.2 Å². The second-order valence-electron chi connectivity index (χ2n) is 5.41. The molecule has 1 fully saturated rings. The number of hydrogen-bond donors (Lipinski definition) is 1. The zero-order valence-corrected chi connectivity index (χ0v) is 12.3. The highest BCUT2D eigenvalue weighted by atomic mass is 16.5. The van der Waals surface area contributed by atoms with Gasteiger partial charge in [-0.15, -0.1) is 0 Å². The minimum absolute atomic E-state index is 0.747. The van der Waals surface area contributed by atoms with E-state index < -0.39 is 0 Å². The summed E-state index contributed by atoms with van der Waals surface area (Å²) in [5.74, 6) is 1.08. The molecule has 0 unspecified atom stereocenters. The Morgan fingerprint density at radius 3 is 2.89 bits per heavy atom. The molecule has 4 nitrogen and oxygen atoms in total. The number of methoxy groups -OCH3 is 1. The van der Waals surface area contributed by atoms with Gasteiger partial charge in [0.15, 0.2) is 0 Å². The van der Waals surface area contributed by atoms with E-state index in [1.165, 1.54) is 24.0 Å². The molecule has 1 saturated carbocycles. The Hall–Kier alpha value is -1.13. The maximum absolute atomic E-state index is 5.08. The van der Waals surface area contributed by atoms with Crippen molar-refractivity contribution < 1.29 is 4.74 Å². The molecule has 106 valence electrons. The van der Waals surface area contributed by atoms with Crippen molar-refractivity contribution in [1.82, 2.24) is 10.3 Å². The molecule has 1 N–H and O–H groups in total. The monoisotopic (exact) mass is 263 g/mol. The summed E-state index contributed by atoms with van der Waals surface area (Å²) in [6.07, 6.45) is 5.67. The summed E-state index contributed by atoms with van der Waals surface area (Å²) in [6.45, 7) is 4.84. The van der Waals surface area contributed by atoms with E-state index in [0.29, 0.717) is 0 Å². The summed E-state index contributed by atoms with van der Waals surface area (Å²) in [7, 11) is 3.83. The minimum Gasteiger partial charge on any atom is -0.385 e. The standard InChI is InChI=1S/C15H25N3O/c1-12-9-13(10-16-14-5-6-14)11-17-15(12)18(2)7-4-8-19-3/h9,11,14,16H,4-8,10H2,1-3H3. The lowest BCUT2D eigenvalue weighted by Gasteiger charge is -2.20. The normalized spacial score (nSPS) is 14.7. The van der Waals surface area contributed by atoms with Gasteiger partial charge < -0.3 is 15.0 Å². The van der Waals surface area contributed by atoms with Crippen molar-refractivity contribution in [3.8, 4) is 0 Å². The highest BCUT2D eigenvalue weighted by Crippen LogP contribution is 2.20. The fourth-order valence-electron chi connectivity index (χ4n) is 2.22. The predicted molar refractivity (Wildman–Crippen MR) is 78.6 cm³/mol. The van der Waals surface area contributed by atoms with Crippen LogP contribution in [0.25, 0.3) is 0 Å². The van der Waals surface area contributed by atoms with E-state index in [2.05, 4.69) is 35.2 Å². The molecule has 1 aliphatic rings. The predicted octanol–water partition coefficient (Wildman–Crippen LogP) is 2.11. The van der Waals surface area contributed by atoms with Gasteiger partial charge in [-0.2, -0.15) is 0 Å². The van der Waals surface area contributed by atoms with Crippen molar-refractivity contribution in [2.24, 2.45) is 0 Å². The fourth-order valence-corrected chi connectivity index (χ4v) is 2.22. The largest absolute Gasteiger partial charge is 0.385 e. The first kappa shape index (κ1) is 14.3. The molecule has 4 heteroatoms. The van der Waals surface area contributed by atoms with Gasteiger partial charge in [-0.1, -0.05) is 0 Å². The minimum atomic E-state index is 0.747. The van der Waals surface area contributed by atoms with Crippen LogP contribution in [-0.2, 0) is 11.3 Å². The third kappa shape index (κ3) is 4.48. The van der Waals surface area contributed by atoms with Crippen molar-refractivity contribution >= 4 is 5.82 Å². The maximum Gasteiger partial charge on any atom is 0.131 e. The van der Waals surface area contributed by atoms with Crippen LogP contribution >= 0.6 is 0 Å². The summed E-state index contributed by atoms with van der Waals surface area (Å²) in [4.78, 5) is 6.80. The number of aromatic nitrogens is 1. The topological polar surface area (TPSA) is 37.4 Å². The highest BCUT2D eigenvalue weighted by molar-refractivity contribution is 5.46.